The van der Waals surface area contributed by atoms with Gasteiger partial charge < -0.3 is 14.2 Å². The molecule has 0 amide bonds. The molecule has 0 atom stereocenters. The van der Waals surface area contributed by atoms with Crippen molar-refractivity contribution in [3.8, 4) is 0 Å². The van der Waals surface area contributed by atoms with E-state index in [-0.39, 0.29) is 13.2 Å². The lowest BCUT2D eigenvalue weighted by Crippen LogP contribution is -2.41. The number of esters is 3. The van der Waals surface area contributed by atoms with Crippen LogP contribution in [0.2, 0.25) is 0 Å². The molecule has 0 aromatic rings. The van der Waals surface area contributed by atoms with E-state index in [4.69, 9.17) is 14.2 Å². The van der Waals surface area contributed by atoms with Crippen molar-refractivity contribution in [2.24, 2.45) is 5.92 Å². The first-order valence-electron chi connectivity index (χ1n) is 5.99. The summed E-state index contributed by atoms with van der Waals surface area (Å²) in [6, 6.07) is 0. The van der Waals surface area contributed by atoms with E-state index in [0.29, 0.717) is 12.8 Å². The van der Waals surface area contributed by atoms with Crippen LogP contribution in [0.15, 0.2) is 0 Å². The number of hydrogen-bond acceptors (Lipinski definition) is 6. The van der Waals surface area contributed by atoms with Crippen LogP contribution in [-0.2, 0) is 28.6 Å². The van der Waals surface area contributed by atoms with Gasteiger partial charge in [-0.1, -0.05) is 0 Å². The minimum Gasteiger partial charge on any atom is -0.465 e. The third-order valence-corrected chi connectivity index (χ3v) is 2.66. The van der Waals surface area contributed by atoms with Gasteiger partial charge in [0.2, 0.25) is 0 Å². The van der Waals surface area contributed by atoms with E-state index >= 15 is 0 Å². The third-order valence-electron chi connectivity index (χ3n) is 2.66. The summed E-state index contributed by atoms with van der Waals surface area (Å²) in [6.45, 7) is 4.85. The predicted molar refractivity (Wildman–Crippen MR) is 60.5 cm³/mol. The van der Waals surface area contributed by atoms with E-state index in [1.807, 2.05) is 0 Å². The van der Waals surface area contributed by atoms with Crippen LogP contribution >= 0.6 is 0 Å². The second-order valence-electron chi connectivity index (χ2n) is 4.10. The fourth-order valence-electron chi connectivity index (χ4n) is 1.84. The molecule has 1 saturated carbocycles. The average molecular weight is 258 g/mol. The Hall–Kier alpha value is -1.59. The third kappa shape index (κ3) is 3.21. The molecule has 0 spiro atoms. The highest BCUT2D eigenvalue weighted by atomic mass is 16.6. The van der Waals surface area contributed by atoms with Crippen molar-refractivity contribution in [2.45, 2.75) is 39.2 Å². The van der Waals surface area contributed by atoms with Gasteiger partial charge in [0.15, 0.2) is 5.92 Å². The Kier molecular flexibility index (Phi) is 4.69. The van der Waals surface area contributed by atoms with Crippen LogP contribution in [0.5, 0.6) is 0 Å². The highest BCUT2D eigenvalue weighted by Gasteiger charge is 2.60. The van der Waals surface area contributed by atoms with Crippen molar-refractivity contribution in [3.05, 3.63) is 0 Å². The number of ether oxygens (including phenoxy) is 3. The molecule has 102 valence electrons. The molecule has 0 heterocycles. The molecular formula is C12H18O6. The molecule has 0 aliphatic heterocycles. The lowest BCUT2D eigenvalue weighted by Gasteiger charge is -2.23. The van der Waals surface area contributed by atoms with Crippen molar-refractivity contribution in [1.29, 1.82) is 0 Å². The maximum absolute atomic E-state index is 11.8. The fraction of sp³-hybridized carbons (Fsp3) is 0.750. The predicted octanol–water partition coefficient (Wildman–Crippen LogP) is 0.824. The molecule has 1 aliphatic carbocycles. The van der Waals surface area contributed by atoms with Gasteiger partial charge in [-0.15, -0.1) is 0 Å². The van der Waals surface area contributed by atoms with Crippen LogP contribution in [0.25, 0.3) is 0 Å². The lowest BCUT2D eigenvalue weighted by molar-refractivity contribution is -0.174. The molecule has 0 saturated heterocycles. The molecular weight excluding hydrogens is 240 g/mol. The molecule has 6 heteroatoms. The summed E-state index contributed by atoms with van der Waals surface area (Å²) in [5.41, 5.74) is -1.07. The van der Waals surface area contributed by atoms with Gasteiger partial charge in [-0.2, -0.15) is 0 Å². The van der Waals surface area contributed by atoms with Gasteiger partial charge in [-0.25, -0.2) is 0 Å². The average Bonchev–Trinajstić information content (AvgIpc) is 2.98. The number of rotatable bonds is 6. The normalized spacial score (nSPS) is 16.0. The van der Waals surface area contributed by atoms with E-state index in [9.17, 15) is 14.4 Å². The van der Waals surface area contributed by atoms with Crippen LogP contribution in [0.1, 0.15) is 33.6 Å². The Balaban J connectivity index is 2.86. The van der Waals surface area contributed by atoms with Crippen molar-refractivity contribution in [2.75, 3.05) is 13.2 Å². The summed E-state index contributed by atoms with van der Waals surface area (Å²) in [5, 5.41) is 0. The highest BCUT2D eigenvalue weighted by Crippen LogP contribution is 2.47. The highest BCUT2D eigenvalue weighted by molar-refractivity contribution is 5.97. The minimum atomic E-state index is -1.18. The van der Waals surface area contributed by atoms with Gasteiger partial charge in [0.05, 0.1) is 13.2 Å². The summed E-state index contributed by atoms with van der Waals surface area (Å²) < 4.78 is 14.8. The van der Waals surface area contributed by atoms with Gasteiger partial charge in [-0.05, 0) is 26.7 Å². The molecule has 1 fully saturated rings. The molecule has 0 bridgehead atoms. The molecule has 1 aliphatic rings. The summed E-state index contributed by atoms with van der Waals surface area (Å²) in [6.07, 6.45) is 0.934. The van der Waals surface area contributed by atoms with Crippen LogP contribution < -0.4 is 0 Å². The smallest absolute Gasteiger partial charge is 0.324 e. The first-order valence-corrected chi connectivity index (χ1v) is 5.99. The Morgan fingerprint density at radius 2 is 1.50 bits per heavy atom. The zero-order valence-corrected chi connectivity index (χ0v) is 10.9. The van der Waals surface area contributed by atoms with Gasteiger partial charge in [-0.3, -0.25) is 14.4 Å². The monoisotopic (exact) mass is 258 g/mol. The first kappa shape index (κ1) is 14.5. The van der Waals surface area contributed by atoms with Crippen LogP contribution in [0.3, 0.4) is 0 Å². The minimum absolute atomic E-state index is 0.158. The second kappa shape index (κ2) is 5.84. The van der Waals surface area contributed by atoms with Gasteiger partial charge in [0.25, 0.3) is 0 Å². The summed E-state index contributed by atoms with van der Waals surface area (Å²) in [7, 11) is 0. The van der Waals surface area contributed by atoms with Crippen LogP contribution in [-0.4, -0.2) is 36.7 Å². The zero-order valence-electron chi connectivity index (χ0n) is 10.9. The van der Waals surface area contributed by atoms with Crippen molar-refractivity contribution in [1.82, 2.24) is 0 Å². The molecule has 0 unspecified atom stereocenters. The molecule has 0 aromatic carbocycles. The molecule has 18 heavy (non-hydrogen) atoms. The second-order valence-corrected chi connectivity index (χ2v) is 4.10. The number of carbonyl (C=O) groups is 3. The van der Waals surface area contributed by atoms with E-state index < -0.39 is 29.4 Å². The standard InChI is InChI=1S/C12H18O6/c1-4-16-10(14)9(11(15)17-5-2)12(6-7-12)18-8(3)13/h9H,4-7H2,1-3H3. The van der Waals surface area contributed by atoms with E-state index in [1.165, 1.54) is 6.92 Å². The quantitative estimate of drug-likeness (QED) is 0.399. The first-order chi connectivity index (χ1) is 8.46. The Bertz CT molecular complexity index is 326. The van der Waals surface area contributed by atoms with E-state index in [0.717, 1.165) is 0 Å². The Morgan fingerprint density at radius 3 is 1.78 bits per heavy atom. The van der Waals surface area contributed by atoms with Crippen molar-refractivity contribution in [3.63, 3.8) is 0 Å². The fourth-order valence-corrected chi connectivity index (χ4v) is 1.84. The summed E-state index contributed by atoms with van der Waals surface area (Å²) in [4.78, 5) is 34.7. The van der Waals surface area contributed by atoms with Crippen molar-refractivity contribution < 1.29 is 28.6 Å². The van der Waals surface area contributed by atoms with E-state index in [1.54, 1.807) is 13.8 Å². The maximum Gasteiger partial charge on any atom is 0.324 e. The summed E-state index contributed by atoms with van der Waals surface area (Å²) in [5.74, 6) is -3.10. The van der Waals surface area contributed by atoms with E-state index in [2.05, 4.69) is 0 Å². The topological polar surface area (TPSA) is 78.9 Å². The maximum atomic E-state index is 11.8. The molecule has 6 nitrogen and oxygen atoms in total. The molecule has 1 rings (SSSR count). The van der Waals surface area contributed by atoms with Crippen LogP contribution in [0.4, 0.5) is 0 Å². The Morgan fingerprint density at radius 1 is 1.06 bits per heavy atom. The number of carbonyl (C=O) groups excluding carboxylic acids is 3. The lowest BCUT2D eigenvalue weighted by atomic mass is 10.0. The summed E-state index contributed by atoms with van der Waals surface area (Å²) >= 11 is 0. The molecule has 0 aromatic heterocycles. The molecule has 0 radical (unpaired) electrons. The Labute approximate surface area is 106 Å². The van der Waals surface area contributed by atoms with Gasteiger partial charge >= 0.3 is 17.9 Å². The molecule has 0 N–H and O–H groups in total. The van der Waals surface area contributed by atoms with Gasteiger partial charge in [0.1, 0.15) is 5.60 Å². The largest absolute Gasteiger partial charge is 0.465 e. The number of hydrogen-bond donors (Lipinski definition) is 0. The SMILES string of the molecule is CCOC(=O)C(C(=O)OCC)C1(OC(C)=O)CC1. The van der Waals surface area contributed by atoms with Crippen LogP contribution in [0, 0.1) is 5.92 Å². The zero-order chi connectivity index (χ0) is 13.8. The van der Waals surface area contributed by atoms with Crippen molar-refractivity contribution >= 4 is 17.9 Å². The van der Waals surface area contributed by atoms with Gasteiger partial charge in [0, 0.05) is 6.92 Å².